The molecule has 338 valence electrons. The van der Waals surface area contributed by atoms with Crippen LogP contribution in [-0.4, -0.2) is 46.9 Å². The molecule has 0 aliphatic heterocycles. The second-order valence-electron chi connectivity index (χ2n) is 16.8. The second-order valence-corrected chi connectivity index (χ2v) is 16.8. The van der Waals surface area contributed by atoms with Crippen LogP contribution in [0.2, 0.25) is 0 Å². The molecule has 0 heterocycles. The van der Waals surface area contributed by atoms with E-state index in [1.165, 1.54) is 96.3 Å². The van der Waals surface area contributed by atoms with E-state index in [1.807, 2.05) is 0 Å². The number of ether oxygens (including phenoxy) is 1. The van der Waals surface area contributed by atoms with E-state index in [2.05, 4.69) is 74.7 Å². The van der Waals surface area contributed by atoms with E-state index in [1.54, 1.807) is 0 Å². The Bertz CT molecular complexity index is 1000. The van der Waals surface area contributed by atoms with E-state index in [0.29, 0.717) is 19.3 Å². The summed E-state index contributed by atoms with van der Waals surface area (Å²) < 4.78 is 5.91. The molecule has 0 fully saturated rings. The molecule has 0 aromatic carbocycles. The summed E-state index contributed by atoms with van der Waals surface area (Å²) in [7, 11) is 0. The van der Waals surface area contributed by atoms with Gasteiger partial charge in [-0.05, 0) is 83.5 Å². The van der Waals surface area contributed by atoms with Crippen LogP contribution in [0.1, 0.15) is 245 Å². The first-order chi connectivity index (χ1) is 28.5. The largest absolute Gasteiger partial charge is 0.462 e. The van der Waals surface area contributed by atoms with Crippen molar-refractivity contribution in [2.24, 2.45) is 0 Å². The number of carbonyl (C=O) groups is 2. The third-order valence-corrected chi connectivity index (χ3v) is 11.1. The number of rotatable bonds is 44. The van der Waals surface area contributed by atoms with Crippen molar-refractivity contribution in [1.82, 2.24) is 5.32 Å². The predicted molar refractivity (Wildman–Crippen MR) is 250 cm³/mol. The van der Waals surface area contributed by atoms with Crippen LogP contribution in [0.25, 0.3) is 0 Å². The zero-order chi connectivity index (χ0) is 42.4. The van der Waals surface area contributed by atoms with Gasteiger partial charge in [-0.15, -0.1) is 0 Å². The molecule has 0 aromatic heterocycles. The van der Waals surface area contributed by atoms with Crippen molar-refractivity contribution in [2.45, 2.75) is 264 Å². The number of carbonyl (C=O) groups excluding carboxylic acids is 2. The molecule has 3 atom stereocenters. The van der Waals surface area contributed by atoms with E-state index in [4.69, 9.17) is 4.74 Å². The average molecular weight is 814 g/mol. The number of allylic oxidation sites excluding steroid dienone is 8. The van der Waals surface area contributed by atoms with Gasteiger partial charge in [0.05, 0.1) is 25.2 Å². The van der Waals surface area contributed by atoms with Crippen molar-refractivity contribution >= 4 is 11.9 Å². The Hall–Kier alpha value is -2.18. The summed E-state index contributed by atoms with van der Waals surface area (Å²) in [5, 5.41) is 23.7. The lowest BCUT2D eigenvalue weighted by Crippen LogP contribution is -2.46. The SMILES string of the molecule is CC/C=C/C/C=C/C/C=C/CCCCCCC(=O)OC(CCCCC/C=C/CCCCCCCCC)CC(=O)NC(CO)C(O)CCCCCCCCCCCCC. The molecule has 0 aromatic rings. The first-order valence-corrected chi connectivity index (χ1v) is 24.9. The molecule has 6 nitrogen and oxygen atoms in total. The van der Waals surface area contributed by atoms with E-state index in [-0.39, 0.29) is 24.9 Å². The third-order valence-electron chi connectivity index (χ3n) is 11.1. The first-order valence-electron chi connectivity index (χ1n) is 24.9. The smallest absolute Gasteiger partial charge is 0.306 e. The van der Waals surface area contributed by atoms with Crippen molar-refractivity contribution in [3.63, 3.8) is 0 Å². The molecule has 0 aliphatic rings. The van der Waals surface area contributed by atoms with Crippen LogP contribution < -0.4 is 5.32 Å². The molecule has 0 saturated carbocycles. The Morgan fingerprint density at radius 1 is 0.517 bits per heavy atom. The first kappa shape index (κ1) is 55.8. The highest BCUT2D eigenvalue weighted by Crippen LogP contribution is 2.17. The fraction of sp³-hybridized carbons (Fsp3) is 0.808. The zero-order valence-electron chi connectivity index (χ0n) is 38.4. The number of aliphatic hydroxyl groups excluding tert-OH is 2. The second kappa shape index (κ2) is 45.9. The summed E-state index contributed by atoms with van der Waals surface area (Å²) in [6, 6.07) is -0.709. The van der Waals surface area contributed by atoms with Crippen LogP contribution in [0, 0.1) is 0 Å². The lowest BCUT2D eigenvalue weighted by atomic mass is 10.0. The molecule has 3 unspecified atom stereocenters. The monoisotopic (exact) mass is 814 g/mol. The van der Waals surface area contributed by atoms with Gasteiger partial charge in [0.15, 0.2) is 0 Å². The molecule has 0 saturated heterocycles. The number of hydrogen-bond acceptors (Lipinski definition) is 5. The highest BCUT2D eigenvalue weighted by Gasteiger charge is 2.24. The topological polar surface area (TPSA) is 95.9 Å². The molecular formula is C52H95NO5. The lowest BCUT2D eigenvalue weighted by Gasteiger charge is -2.24. The molecule has 0 bridgehead atoms. The van der Waals surface area contributed by atoms with Gasteiger partial charge in [-0.1, -0.05) is 198 Å². The summed E-state index contributed by atoms with van der Waals surface area (Å²) in [5.74, 6) is -0.512. The van der Waals surface area contributed by atoms with Gasteiger partial charge in [0, 0.05) is 6.42 Å². The van der Waals surface area contributed by atoms with Crippen LogP contribution in [-0.2, 0) is 14.3 Å². The summed E-state index contributed by atoms with van der Waals surface area (Å²) in [4.78, 5) is 26.1. The minimum Gasteiger partial charge on any atom is -0.462 e. The minimum absolute atomic E-state index is 0.0582. The van der Waals surface area contributed by atoms with E-state index in [0.717, 1.165) is 103 Å². The highest BCUT2D eigenvalue weighted by molar-refractivity contribution is 5.77. The molecule has 3 N–H and O–H groups in total. The summed E-state index contributed by atoms with van der Waals surface area (Å²) in [6.07, 6.45) is 54.5. The van der Waals surface area contributed by atoms with Crippen LogP contribution >= 0.6 is 0 Å². The van der Waals surface area contributed by atoms with Crippen molar-refractivity contribution in [3.05, 3.63) is 48.6 Å². The van der Waals surface area contributed by atoms with Crippen molar-refractivity contribution in [3.8, 4) is 0 Å². The van der Waals surface area contributed by atoms with Gasteiger partial charge in [0.2, 0.25) is 5.91 Å². The third kappa shape index (κ3) is 40.6. The number of esters is 1. The standard InChI is InChI=1S/C52H95NO5/c1-4-7-10-13-16-19-22-24-26-29-31-34-37-40-43-48(58-52(57)45-42-39-36-33-30-27-25-23-20-17-14-11-8-5-2)46-51(56)53-49(47-54)50(55)44-41-38-35-32-28-21-18-15-12-9-6-3/h8,11,17,20,25-27,29,48-50,54-55H,4-7,9-10,12-16,18-19,21-24,28,30-47H2,1-3H3,(H,53,56)/b11-8+,20-17+,27-25+,29-26+. The highest BCUT2D eigenvalue weighted by atomic mass is 16.5. The molecule has 0 spiro atoms. The predicted octanol–water partition coefficient (Wildman–Crippen LogP) is 14.7. The van der Waals surface area contributed by atoms with Gasteiger partial charge >= 0.3 is 5.97 Å². The van der Waals surface area contributed by atoms with Crippen LogP contribution in [0.5, 0.6) is 0 Å². The summed E-state index contributed by atoms with van der Waals surface area (Å²) in [6.45, 7) is 6.35. The number of nitrogens with one attached hydrogen (secondary N) is 1. The molecule has 1 amide bonds. The molecule has 0 radical (unpaired) electrons. The van der Waals surface area contributed by atoms with Gasteiger partial charge < -0.3 is 20.3 Å². The Kier molecular flexibility index (Phi) is 44.2. The molecule has 6 heteroatoms. The minimum atomic E-state index is -0.794. The molecule has 0 rings (SSSR count). The van der Waals surface area contributed by atoms with Gasteiger partial charge in [-0.2, -0.15) is 0 Å². The normalized spacial score (nSPS) is 13.7. The van der Waals surface area contributed by atoms with Crippen LogP contribution in [0.4, 0.5) is 0 Å². The molecule has 58 heavy (non-hydrogen) atoms. The molecule has 0 aliphatic carbocycles. The maximum atomic E-state index is 13.2. The fourth-order valence-corrected chi connectivity index (χ4v) is 7.38. The summed E-state index contributed by atoms with van der Waals surface area (Å²) in [5.41, 5.74) is 0. The van der Waals surface area contributed by atoms with Gasteiger partial charge in [0.25, 0.3) is 0 Å². The average Bonchev–Trinajstić information content (AvgIpc) is 3.22. The maximum absolute atomic E-state index is 13.2. The van der Waals surface area contributed by atoms with Crippen molar-refractivity contribution < 1.29 is 24.5 Å². The van der Waals surface area contributed by atoms with E-state index in [9.17, 15) is 19.8 Å². The quantitative estimate of drug-likeness (QED) is 0.0323. The lowest BCUT2D eigenvalue weighted by molar-refractivity contribution is -0.151. The van der Waals surface area contributed by atoms with Crippen molar-refractivity contribution in [1.29, 1.82) is 0 Å². The van der Waals surface area contributed by atoms with Gasteiger partial charge in [-0.3, -0.25) is 9.59 Å². The Morgan fingerprint density at radius 2 is 0.931 bits per heavy atom. The number of aliphatic hydroxyl groups is 2. The Morgan fingerprint density at radius 3 is 1.45 bits per heavy atom. The molecular weight excluding hydrogens is 719 g/mol. The number of hydrogen-bond donors (Lipinski definition) is 3. The zero-order valence-corrected chi connectivity index (χ0v) is 38.4. The van der Waals surface area contributed by atoms with E-state index >= 15 is 0 Å². The van der Waals surface area contributed by atoms with E-state index < -0.39 is 18.2 Å². The van der Waals surface area contributed by atoms with Crippen LogP contribution in [0.3, 0.4) is 0 Å². The Labute approximate surface area is 359 Å². The van der Waals surface area contributed by atoms with Gasteiger partial charge in [-0.25, -0.2) is 0 Å². The number of amides is 1. The van der Waals surface area contributed by atoms with Gasteiger partial charge in [0.1, 0.15) is 6.10 Å². The van der Waals surface area contributed by atoms with Crippen molar-refractivity contribution in [2.75, 3.05) is 6.61 Å². The number of unbranched alkanes of at least 4 members (excludes halogenated alkanes) is 24. The van der Waals surface area contributed by atoms with Crippen LogP contribution in [0.15, 0.2) is 48.6 Å². The fourth-order valence-electron chi connectivity index (χ4n) is 7.38. The Balaban J connectivity index is 4.65. The maximum Gasteiger partial charge on any atom is 0.306 e. The summed E-state index contributed by atoms with van der Waals surface area (Å²) >= 11 is 0.